The van der Waals surface area contributed by atoms with Crippen molar-refractivity contribution in [3.8, 4) is 0 Å². The molecule has 0 saturated heterocycles. The largest absolute Gasteiger partial charge is 0.473 e. The Morgan fingerprint density at radius 3 is 1.39 bits per heavy atom. The monoisotopic (exact) mass is 668 g/mol. The Hall–Kier alpha value is -2.42. The first-order valence-electron chi connectivity index (χ1n) is 13.8. The van der Waals surface area contributed by atoms with Crippen LogP contribution in [0.5, 0.6) is 0 Å². The lowest BCUT2D eigenvalue weighted by molar-refractivity contribution is -0.422. The van der Waals surface area contributed by atoms with Crippen molar-refractivity contribution in [3.63, 3.8) is 0 Å². The van der Waals surface area contributed by atoms with E-state index in [9.17, 15) is 62.3 Å². The van der Waals surface area contributed by atoms with E-state index in [-0.39, 0.29) is 5.97 Å². The second kappa shape index (κ2) is 19.2. The molecular formula is C28H40F12O4. The Balaban J connectivity index is 0. The molecule has 0 spiro atoms. The quantitative estimate of drug-likeness (QED) is 0.0561. The number of carbonyl (C=O) groups is 2. The standard InChI is InChI=1S/C17H32O2.C11H8F12O2/c1-4-5-6-7-8-9-10-11-12-13-14-15-19-17(18)16(2)3;1-4(2)6(24)25-11(22,23)10(20,21)9(18,19)8(16,17)5(12)3-7(13,14)15/h2,4-15H2,1,3H3;5H,1,3H2,2H3. The molecule has 0 bridgehead atoms. The van der Waals surface area contributed by atoms with E-state index in [4.69, 9.17) is 4.74 Å². The van der Waals surface area contributed by atoms with Crippen molar-refractivity contribution in [1.82, 2.24) is 0 Å². The fourth-order valence-electron chi connectivity index (χ4n) is 3.24. The molecule has 1 unspecified atom stereocenters. The lowest BCUT2D eigenvalue weighted by atomic mass is 9.97. The van der Waals surface area contributed by atoms with Crippen molar-refractivity contribution < 1.29 is 71.7 Å². The summed E-state index contributed by atoms with van der Waals surface area (Å²) in [4.78, 5) is 21.8. The fourth-order valence-corrected chi connectivity index (χ4v) is 3.24. The van der Waals surface area contributed by atoms with E-state index in [1.54, 1.807) is 6.92 Å². The fraction of sp³-hybridized carbons (Fsp3) is 0.786. The number of hydrogen-bond acceptors (Lipinski definition) is 4. The highest BCUT2D eigenvalue weighted by atomic mass is 19.4. The minimum absolute atomic E-state index is 0.257. The summed E-state index contributed by atoms with van der Waals surface area (Å²) >= 11 is 0. The van der Waals surface area contributed by atoms with Crippen LogP contribution in [0.3, 0.4) is 0 Å². The van der Waals surface area contributed by atoms with E-state index in [0.29, 0.717) is 19.1 Å². The minimum atomic E-state index is -7.36. The number of hydrogen-bond donors (Lipinski definition) is 0. The Kier molecular flexibility index (Phi) is 19.0. The lowest BCUT2D eigenvalue weighted by Gasteiger charge is -2.37. The maximum atomic E-state index is 13.2. The van der Waals surface area contributed by atoms with E-state index in [1.165, 1.54) is 64.2 Å². The molecule has 0 heterocycles. The highest BCUT2D eigenvalue weighted by molar-refractivity contribution is 5.87. The van der Waals surface area contributed by atoms with Crippen molar-refractivity contribution in [3.05, 3.63) is 24.3 Å². The number of unbranched alkanes of at least 4 members (excludes halogenated alkanes) is 10. The highest BCUT2D eigenvalue weighted by Crippen LogP contribution is 2.55. The number of halogens is 12. The van der Waals surface area contributed by atoms with Crippen LogP contribution < -0.4 is 0 Å². The zero-order valence-corrected chi connectivity index (χ0v) is 24.9. The molecule has 0 radical (unpaired) electrons. The molecule has 0 N–H and O–H groups in total. The van der Waals surface area contributed by atoms with Gasteiger partial charge in [-0.2, -0.15) is 48.3 Å². The summed E-state index contributed by atoms with van der Waals surface area (Å²) in [5.74, 6) is -24.2. The zero-order chi connectivity index (χ0) is 35.0. The van der Waals surface area contributed by atoms with Gasteiger partial charge in [0.1, 0.15) is 0 Å². The summed E-state index contributed by atoms with van der Waals surface area (Å²) in [5, 5.41) is 0. The van der Waals surface area contributed by atoms with Gasteiger partial charge in [-0.15, -0.1) is 0 Å². The lowest BCUT2D eigenvalue weighted by Crippen LogP contribution is -2.65. The van der Waals surface area contributed by atoms with Crippen LogP contribution in [0.15, 0.2) is 24.3 Å². The molecule has 0 aromatic carbocycles. The van der Waals surface area contributed by atoms with Crippen LogP contribution in [-0.4, -0.2) is 54.8 Å². The van der Waals surface area contributed by atoms with Crippen LogP contribution in [0.4, 0.5) is 52.7 Å². The van der Waals surface area contributed by atoms with Crippen LogP contribution in [0.25, 0.3) is 0 Å². The second-order valence-electron chi connectivity index (χ2n) is 10.2. The first-order chi connectivity index (χ1) is 19.9. The zero-order valence-electron chi connectivity index (χ0n) is 24.9. The Bertz CT molecular complexity index is 902. The van der Waals surface area contributed by atoms with Gasteiger partial charge in [-0.05, 0) is 20.3 Å². The van der Waals surface area contributed by atoms with Crippen molar-refractivity contribution in [2.45, 2.75) is 134 Å². The van der Waals surface area contributed by atoms with Gasteiger partial charge < -0.3 is 9.47 Å². The third-order valence-electron chi connectivity index (χ3n) is 5.88. The van der Waals surface area contributed by atoms with Crippen LogP contribution in [0.2, 0.25) is 0 Å². The van der Waals surface area contributed by atoms with Crippen LogP contribution >= 0.6 is 0 Å². The van der Waals surface area contributed by atoms with Gasteiger partial charge in [0, 0.05) is 11.1 Å². The maximum Gasteiger partial charge on any atom is 0.473 e. The molecule has 0 amide bonds. The number of esters is 2. The van der Waals surface area contributed by atoms with Gasteiger partial charge in [-0.1, -0.05) is 84.3 Å². The third-order valence-corrected chi connectivity index (χ3v) is 5.88. The van der Waals surface area contributed by atoms with Gasteiger partial charge in [-0.3, -0.25) is 0 Å². The Labute approximate surface area is 249 Å². The highest BCUT2D eigenvalue weighted by Gasteiger charge is 2.84. The first-order valence-corrected chi connectivity index (χ1v) is 13.8. The number of alkyl halides is 12. The van der Waals surface area contributed by atoms with Crippen LogP contribution in [0.1, 0.15) is 97.8 Å². The average molecular weight is 669 g/mol. The third kappa shape index (κ3) is 15.0. The SMILES string of the molecule is C=C(C)C(=O)OC(F)(F)C(F)(F)C(F)(F)C(F)(F)C(F)CC(F)(F)F.C=C(C)C(=O)OCCCCCCCCCCCCC. The second-order valence-corrected chi connectivity index (χ2v) is 10.2. The predicted molar refractivity (Wildman–Crippen MR) is 138 cm³/mol. The summed E-state index contributed by atoms with van der Waals surface area (Å²) in [6.07, 6.45) is -6.34. The molecule has 0 aromatic rings. The van der Waals surface area contributed by atoms with Gasteiger partial charge in [0.05, 0.1) is 13.0 Å². The van der Waals surface area contributed by atoms with Crippen molar-refractivity contribution in [2.75, 3.05) is 6.61 Å². The van der Waals surface area contributed by atoms with E-state index >= 15 is 0 Å². The van der Waals surface area contributed by atoms with Crippen molar-refractivity contribution in [1.29, 1.82) is 0 Å². The first kappa shape index (κ1) is 43.7. The smallest absolute Gasteiger partial charge is 0.462 e. The normalized spacial score (nSPS) is 13.4. The molecule has 0 aliphatic heterocycles. The molecule has 1 atom stereocenters. The summed E-state index contributed by atoms with van der Waals surface area (Å²) < 4.78 is 161. The topological polar surface area (TPSA) is 52.6 Å². The molecule has 0 aliphatic rings. The summed E-state index contributed by atoms with van der Waals surface area (Å²) in [5.41, 5.74) is -0.533. The number of ether oxygens (including phenoxy) is 2. The number of carbonyl (C=O) groups excluding carboxylic acids is 2. The van der Waals surface area contributed by atoms with E-state index in [1.807, 2.05) is 0 Å². The molecule has 260 valence electrons. The maximum absolute atomic E-state index is 13.2. The van der Waals surface area contributed by atoms with Gasteiger partial charge in [0.2, 0.25) is 0 Å². The molecule has 0 rings (SSSR count). The van der Waals surface area contributed by atoms with Crippen molar-refractivity contribution in [2.24, 2.45) is 0 Å². The van der Waals surface area contributed by atoms with E-state index in [2.05, 4.69) is 24.8 Å². The van der Waals surface area contributed by atoms with Gasteiger partial charge in [0.25, 0.3) is 0 Å². The van der Waals surface area contributed by atoms with E-state index in [0.717, 1.165) is 6.42 Å². The van der Waals surface area contributed by atoms with Crippen LogP contribution in [-0.2, 0) is 19.1 Å². The van der Waals surface area contributed by atoms with Crippen LogP contribution in [0, 0.1) is 0 Å². The molecule has 0 saturated carbocycles. The molecule has 0 fully saturated rings. The average Bonchev–Trinajstić information content (AvgIpc) is 2.87. The number of rotatable bonds is 20. The van der Waals surface area contributed by atoms with Gasteiger partial charge >= 0.3 is 42.0 Å². The Morgan fingerprint density at radius 2 is 1.02 bits per heavy atom. The van der Waals surface area contributed by atoms with Gasteiger partial charge in [0.15, 0.2) is 6.17 Å². The van der Waals surface area contributed by atoms with E-state index < -0.39 is 54.2 Å². The predicted octanol–water partition coefficient (Wildman–Crippen LogP) is 10.3. The van der Waals surface area contributed by atoms with Crippen molar-refractivity contribution >= 4 is 11.9 Å². The van der Waals surface area contributed by atoms with Gasteiger partial charge in [-0.25, -0.2) is 14.0 Å². The molecule has 16 heteroatoms. The molecular weight excluding hydrogens is 628 g/mol. The minimum Gasteiger partial charge on any atom is -0.462 e. The molecule has 0 aromatic heterocycles. The summed E-state index contributed by atoms with van der Waals surface area (Å²) in [6, 6.07) is 0. The molecule has 4 nitrogen and oxygen atoms in total. The Morgan fingerprint density at radius 1 is 0.636 bits per heavy atom. The molecule has 44 heavy (non-hydrogen) atoms. The summed E-state index contributed by atoms with van der Waals surface area (Å²) in [7, 11) is 0. The molecule has 0 aliphatic carbocycles. The summed E-state index contributed by atoms with van der Waals surface area (Å²) in [6.45, 7) is 11.3.